The summed E-state index contributed by atoms with van der Waals surface area (Å²) in [6.07, 6.45) is 5.09. The number of pyridine rings is 1. The van der Waals surface area contributed by atoms with Crippen LogP contribution in [-0.4, -0.2) is 35.0 Å². The van der Waals surface area contributed by atoms with E-state index in [9.17, 15) is 4.79 Å². The summed E-state index contributed by atoms with van der Waals surface area (Å²) in [6.45, 7) is 3.57. The number of carbonyl (C=O) groups excluding carboxylic acids is 1. The third-order valence-corrected chi connectivity index (χ3v) is 5.49. The molecule has 26 heavy (non-hydrogen) atoms. The molecule has 4 rings (SSSR count). The van der Waals surface area contributed by atoms with Gasteiger partial charge in [-0.25, -0.2) is 4.98 Å². The van der Waals surface area contributed by atoms with Crippen LogP contribution in [0, 0.1) is 6.92 Å². The Labute approximate surface area is 158 Å². The number of ether oxygens (including phenoxy) is 1. The van der Waals surface area contributed by atoms with E-state index in [4.69, 9.17) is 22.1 Å². The van der Waals surface area contributed by atoms with Crippen LogP contribution in [0.3, 0.4) is 0 Å². The first-order valence-electron chi connectivity index (χ1n) is 9.04. The lowest BCUT2D eigenvalue weighted by Gasteiger charge is -2.28. The Bertz CT molecular complexity index is 862. The molecular weight excluding hydrogens is 350 g/mol. The number of hydrogen-bond donors (Lipinski definition) is 1. The second-order valence-corrected chi connectivity index (χ2v) is 7.44. The van der Waals surface area contributed by atoms with E-state index in [1.54, 1.807) is 6.20 Å². The van der Waals surface area contributed by atoms with Gasteiger partial charge < -0.3 is 15.4 Å². The van der Waals surface area contributed by atoms with Crippen molar-refractivity contribution in [3.63, 3.8) is 0 Å². The third kappa shape index (κ3) is 3.01. The number of fused-ring (bicyclic) bond motifs is 1. The van der Waals surface area contributed by atoms with Crippen molar-refractivity contribution in [3.05, 3.63) is 40.5 Å². The molecule has 1 unspecified atom stereocenters. The highest BCUT2D eigenvalue weighted by molar-refractivity contribution is 6.31. The molecule has 3 heterocycles. The maximum absolute atomic E-state index is 12.9. The second kappa shape index (κ2) is 6.80. The van der Waals surface area contributed by atoms with Gasteiger partial charge in [0.25, 0.3) is 5.91 Å². The van der Waals surface area contributed by atoms with Crippen LogP contribution in [0.1, 0.15) is 30.4 Å². The van der Waals surface area contributed by atoms with Gasteiger partial charge in [0.2, 0.25) is 0 Å². The average Bonchev–Trinajstić information content (AvgIpc) is 3.07. The summed E-state index contributed by atoms with van der Waals surface area (Å²) in [5.74, 6) is 1.29. The number of piperidine rings is 1. The molecule has 1 atom stereocenters. The maximum Gasteiger partial charge on any atom is 0.263 e. The van der Waals surface area contributed by atoms with E-state index < -0.39 is 6.10 Å². The summed E-state index contributed by atoms with van der Waals surface area (Å²) < 4.78 is 6.15. The van der Waals surface area contributed by atoms with E-state index in [0.717, 1.165) is 53.9 Å². The maximum atomic E-state index is 12.9. The summed E-state index contributed by atoms with van der Waals surface area (Å²) in [7, 11) is 0. The van der Waals surface area contributed by atoms with Crippen LogP contribution >= 0.6 is 11.6 Å². The third-order valence-electron chi connectivity index (χ3n) is 5.27. The molecule has 1 aromatic heterocycles. The zero-order valence-electron chi connectivity index (χ0n) is 14.8. The highest BCUT2D eigenvalue weighted by Gasteiger charge is 2.35. The number of halogens is 1. The largest absolute Gasteiger partial charge is 0.479 e. The molecule has 2 aromatic rings. The molecule has 1 aromatic carbocycles. The van der Waals surface area contributed by atoms with E-state index >= 15 is 0 Å². The van der Waals surface area contributed by atoms with Gasteiger partial charge in [0, 0.05) is 41.9 Å². The first-order chi connectivity index (χ1) is 12.5. The molecular formula is C20H22ClN3O2. The van der Waals surface area contributed by atoms with Gasteiger partial charge in [-0.3, -0.25) is 4.79 Å². The van der Waals surface area contributed by atoms with E-state index in [-0.39, 0.29) is 5.91 Å². The van der Waals surface area contributed by atoms with Crippen LogP contribution in [-0.2, 0) is 11.2 Å². The van der Waals surface area contributed by atoms with Crippen molar-refractivity contribution in [1.29, 1.82) is 0 Å². The predicted molar refractivity (Wildman–Crippen MR) is 102 cm³/mol. The molecule has 0 spiro atoms. The van der Waals surface area contributed by atoms with Gasteiger partial charge in [0.1, 0.15) is 11.6 Å². The molecule has 0 aliphatic carbocycles. The first-order valence-corrected chi connectivity index (χ1v) is 9.41. The normalized spacial score (nSPS) is 19.2. The molecule has 0 saturated carbocycles. The van der Waals surface area contributed by atoms with Crippen LogP contribution < -0.4 is 10.5 Å². The molecule has 6 heteroatoms. The van der Waals surface area contributed by atoms with Crippen molar-refractivity contribution in [3.8, 4) is 16.9 Å². The van der Waals surface area contributed by atoms with Crippen LogP contribution in [0.15, 0.2) is 24.4 Å². The summed E-state index contributed by atoms with van der Waals surface area (Å²) in [4.78, 5) is 18.9. The number of nitrogens with zero attached hydrogens (tertiary/aromatic N) is 2. The number of rotatable bonds is 2. The molecule has 1 fully saturated rings. The van der Waals surface area contributed by atoms with Crippen molar-refractivity contribution in [2.75, 3.05) is 18.8 Å². The average molecular weight is 372 g/mol. The molecule has 5 nitrogen and oxygen atoms in total. The van der Waals surface area contributed by atoms with Crippen LogP contribution in [0.4, 0.5) is 5.82 Å². The van der Waals surface area contributed by atoms with Gasteiger partial charge >= 0.3 is 0 Å². The molecule has 136 valence electrons. The Kier molecular flexibility index (Phi) is 4.49. The van der Waals surface area contributed by atoms with Gasteiger partial charge in [-0.1, -0.05) is 11.6 Å². The minimum Gasteiger partial charge on any atom is -0.479 e. The number of amides is 1. The number of anilines is 1. The van der Waals surface area contributed by atoms with Crippen molar-refractivity contribution >= 4 is 23.3 Å². The van der Waals surface area contributed by atoms with Gasteiger partial charge in [0.15, 0.2) is 6.10 Å². The van der Waals surface area contributed by atoms with Gasteiger partial charge in [-0.15, -0.1) is 0 Å². The van der Waals surface area contributed by atoms with E-state index in [2.05, 4.69) is 4.98 Å². The number of hydrogen-bond acceptors (Lipinski definition) is 4. The quantitative estimate of drug-likeness (QED) is 0.875. The summed E-state index contributed by atoms with van der Waals surface area (Å²) in [5.41, 5.74) is 9.62. The molecule has 1 amide bonds. The lowest BCUT2D eigenvalue weighted by molar-refractivity contribution is -0.138. The van der Waals surface area contributed by atoms with Crippen molar-refractivity contribution in [2.45, 2.75) is 38.7 Å². The topological polar surface area (TPSA) is 68.5 Å². The minimum absolute atomic E-state index is 0.0777. The molecule has 2 aliphatic rings. The second-order valence-electron chi connectivity index (χ2n) is 7.01. The number of nitrogen functional groups attached to an aromatic ring is 1. The van der Waals surface area contributed by atoms with Crippen molar-refractivity contribution in [2.24, 2.45) is 0 Å². The van der Waals surface area contributed by atoms with Gasteiger partial charge in [0.05, 0.1) is 0 Å². The van der Waals surface area contributed by atoms with E-state index in [1.807, 2.05) is 30.0 Å². The van der Waals surface area contributed by atoms with Gasteiger partial charge in [-0.2, -0.15) is 0 Å². The number of nitrogens with two attached hydrogens (primary N) is 1. The van der Waals surface area contributed by atoms with E-state index in [0.29, 0.717) is 17.3 Å². The van der Waals surface area contributed by atoms with Crippen LogP contribution in [0.25, 0.3) is 11.1 Å². The summed E-state index contributed by atoms with van der Waals surface area (Å²) >= 11 is 6.35. The highest BCUT2D eigenvalue weighted by Crippen LogP contribution is 2.43. The van der Waals surface area contributed by atoms with Crippen molar-refractivity contribution in [1.82, 2.24) is 9.88 Å². The molecule has 2 N–H and O–H groups in total. The Hall–Kier alpha value is -2.27. The van der Waals surface area contributed by atoms with Crippen LogP contribution in [0.2, 0.25) is 5.02 Å². The minimum atomic E-state index is -0.472. The van der Waals surface area contributed by atoms with Crippen molar-refractivity contribution < 1.29 is 9.53 Å². The number of benzene rings is 1. The first kappa shape index (κ1) is 17.2. The lowest BCUT2D eigenvalue weighted by Crippen LogP contribution is -2.43. The van der Waals surface area contributed by atoms with Crippen LogP contribution in [0.5, 0.6) is 5.75 Å². The fourth-order valence-corrected chi connectivity index (χ4v) is 4.06. The highest BCUT2D eigenvalue weighted by atomic mass is 35.5. The fourth-order valence-electron chi connectivity index (χ4n) is 3.82. The Balaban J connectivity index is 1.68. The fraction of sp³-hybridized carbons (Fsp3) is 0.400. The monoisotopic (exact) mass is 371 g/mol. The van der Waals surface area contributed by atoms with E-state index in [1.165, 1.54) is 6.42 Å². The number of likely N-dealkylation sites (tertiary alicyclic amines) is 1. The molecule has 2 aliphatic heterocycles. The zero-order valence-corrected chi connectivity index (χ0v) is 15.6. The lowest BCUT2D eigenvalue weighted by atomic mass is 9.98. The SMILES string of the molecule is Cc1c(-c2cc(Cl)cc3c2OC(C(=O)N2CCCCC2)C3)ccnc1N. The number of aromatic nitrogens is 1. The molecule has 0 bridgehead atoms. The Morgan fingerprint density at radius 2 is 2.04 bits per heavy atom. The van der Waals surface area contributed by atoms with Gasteiger partial charge in [-0.05, 0) is 55.5 Å². The Morgan fingerprint density at radius 1 is 1.27 bits per heavy atom. The molecule has 1 saturated heterocycles. The summed E-state index contributed by atoms with van der Waals surface area (Å²) in [5, 5.41) is 0.628. The Morgan fingerprint density at radius 3 is 2.81 bits per heavy atom. The number of carbonyl (C=O) groups is 1. The zero-order chi connectivity index (χ0) is 18.3. The summed E-state index contributed by atoms with van der Waals surface area (Å²) in [6, 6.07) is 5.67. The predicted octanol–water partition coefficient (Wildman–Crippen LogP) is 3.61. The smallest absolute Gasteiger partial charge is 0.263 e. The molecule has 0 radical (unpaired) electrons. The standard InChI is InChI=1S/C20H22ClN3O2/c1-12-15(5-6-23-19(12)22)16-11-14(21)9-13-10-17(26-18(13)16)20(25)24-7-3-2-4-8-24/h5-6,9,11,17H,2-4,7-8,10H2,1H3,(H2,22,23).